The number of hydrogen-bond donors (Lipinski definition) is 1. The number of H-pyrrole nitrogens is 1. The normalized spacial score (nSPS) is 12.7. The highest BCUT2D eigenvalue weighted by Crippen LogP contribution is 2.47. The number of furan rings is 1. The Balaban J connectivity index is 1.71. The molecule has 8 rings (SSSR count). The highest BCUT2D eigenvalue weighted by atomic mass is 16.3. The molecule has 2 aromatic heterocycles. The van der Waals surface area contributed by atoms with Gasteiger partial charge in [0, 0.05) is 32.8 Å². The molecule has 0 aliphatic rings. The van der Waals surface area contributed by atoms with Gasteiger partial charge in [-0.05, 0) is 74.3 Å². The second-order valence-corrected chi connectivity index (χ2v) is 9.35. The van der Waals surface area contributed by atoms with Gasteiger partial charge in [-0.15, -0.1) is 0 Å². The number of aromatic amines is 1. The minimum Gasteiger partial charge on any atom is -0.456 e. The van der Waals surface area contributed by atoms with E-state index in [1.165, 1.54) is 64.9 Å². The van der Waals surface area contributed by atoms with Crippen molar-refractivity contribution in [2.75, 3.05) is 0 Å². The standard InChI is InChI=1S/C33H21NO/c1-3-9-21-28(4-2)35-29-17-25-24-16-27-32(20-10-5-6-15-26(20)34-27)22-13-7-11-18(30(22)24)19-12-8-14-23(31(19)25)33(21)29/h3-17,34H,2H2,1H3/b9-3-. The third kappa shape index (κ3) is 2.24. The van der Waals surface area contributed by atoms with E-state index in [4.69, 9.17) is 4.42 Å². The Morgan fingerprint density at radius 1 is 0.657 bits per heavy atom. The maximum absolute atomic E-state index is 6.36. The van der Waals surface area contributed by atoms with Crippen molar-refractivity contribution in [3.8, 4) is 0 Å². The van der Waals surface area contributed by atoms with Gasteiger partial charge in [0.25, 0.3) is 0 Å². The van der Waals surface area contributed by atoms with E-state index in [2.05, 4.69) is 96.5 Å². The molecule has 0 aliphatic heterocycles. The predicted octanol–water partition coefficient (Wildman–Crippen LogP) is 9.79. The SMILES string of the molecule is C=Cc1oc2cc3c4cc5[nH]c6ccccc6c5c5cccc(c6cccc(c2c1/C=C\C)c63)c45. The van der Waals surface area contributed by atoms with Crippen molar-refractivity contribution in [3.05, 3.63) is 96.8 Å². The van der Waals surface area contributed by atoms with Crippen LogP contribution in [0.5, 0.6) is 0 Å². The zero-order valence-corrected chi connectivity index (χ0v) is 19.3. The number of fused-ring (bicyclic) bond motifs is 8. The maximum atomic E-state index is 6.36. The lowest BCUT2D eigenvalue weighted by Crippen LogP contribution is -1.88. The van der Waals surface area contributed by atoms with Gasteiger partial charge in [0.15, 0.2) is 0 Å². The lowest BCUT2D eigenvalue weighted by Gasteiger charge is -2.15. The van der Waals surface area contributed by atoms with Crippen molar-refractivity contribution in [2.45, 2.75) is 6.92 Å². The van der Waals surface area contributed by atoms with E-state index < -0.39 is 0 Å². The van der Waals surface area contributed by atoms with Gasteiger partial charge < -0.3 is 9.40 Å². The number of benzene rings is 6. The van der Waals surface area contributed by atoms with E-state index in [1.54, 1.807) is 0 Å². The predicted molar refractivity (Wildman–Crippen MR) is 152 cm³/mol. The summed E-state index contributed by atoms with van der Waals surface area (Å²) >= 11 is 0. The average molecular weight is 448 g/mol. The van der Waals surface area contributed by atoms with Crippen molar-refractivity contribution in [3.63, 3.8) is 0 Å². The fraction of sp³-hybridized carbons (Fsp3) is 0.0303. The molecule has 0 aliphatic carbocycles. The minimum atomic E-state index is 0.815. The molecule has 0 bridgehead atoms. The van der Waals surface area contributed by atoms with Crippen LogP contribution in [0, 0.1) is 0 Å². The van der Waals surface area contributed by atoms with Crippen LogP contribution in [0.1, 0.15) is 18.2 Å². The first-order valence-corrected chi connectivity index (χ1v) is 12.0. The van der Waals surface area contributed by atoms with E-state index in [0.29, 0.717) is 0 Å². The van der Waals surface area contributed by atoms with E-state index in [9.17, 15) is 0 Å². The summed E-state index contributed by atoms with van der Waals surface area (Å²) in [7, 11) is 0. The van der Waals surface area contributed by atoms with Crippen molar-refractivity contribution in [2.24, 2.45) is 0 Å². The van der Waals surface area contributed by atoms with Crippen molar-refractivity contribution < 1.29 is 4.42 Å². The van der Waals surface area contributed by atoms with Crippen molar-refractivity contribution >= 4 is 88.0 Å². The van der Waals surface area contributed by atoms with Crippen LogP contribution in [0.25, 0.3) is 88.0 Å². The Morgan fingerprint density at radius 2 is 1.31 bits per heavy atom. The molecule has 6 aromatic carbocycles. The molecular weight excluding hydrogens is 426 g/mol. The Morgan fingerprint density at radius 3 is 2.06 bits per heavy atom. The van der Waals surface area contributed by atoms with E-state index in [0.717, 1.165) is 22.3 Å². The molecule has 0 unspecified atom stereocenters. The highest BCUT2D eigenvalue weighted by Gasteiger charge is 2.21. The van der Waals surface area contributed by atoms with Crippen LogP contribution in [0.3, 0.4) is 0 Å². The Hall–Kier alpha value is -4.56. The third-order valence-electron chi connectivity index (χ3n) is 7.61. The van der Waals surface area contributed by atoms with Crippen molar-refractivity contribution in [1.82, 2.24) is 4.98 Å². The molecule has 35 heavy (non-hydrogen) atoms. The Kier molecular flexibility index (Phi) is 3.51. The summed E-state index contributed by atoms with van der Waals surface area (Å²) in [5, 5.41) is 13.9. The molecule has 1 N–H and O–H groups in total. The molecule has 0 amide bonds. The Labute approximate surface area is 201 Å². The summed E-state index contributed by atoms with van der Waals surface area (Å²) in [5.41, 5.74) is 4.33. The summed E-state index contributed by atoms with van der Waals surface area (Å²) < 4.78 is 6.36. The molecular formula is C33H21NO. The molecule has 2 heterocycles. The zero-order chi connectivity index (χ0) is 23.3. The Bertz CT molecular complexity index is 2190. The minimum absolute atomic E-state index is 0.815. The molecule has 2 nitrogen and oxygen atoms in total. The van der Waals surface area contributed by atoms with Gasteiger partial charge in [0.05, 0.1) is 0 Å². The van der Waals surface area contributed by atoms with Crippen LogP contribution in [-0.2, 0) is 0 Å². The van der Waals surface area contributed by atoms with Crippen molar-refractivity contribution in [1.29, 1.82) is 0 Å². The molecule has 2 heteroatoms. The molecule has 0 saturated heterocycles. The molecule has 8 aromatic rings. The summed E-state index contributed by atoms with van der Waals surface area (Å²) in [6, 6.07) is 26.6. The number of hydrogen-bond acceptors (Lipinski definition) is 1. The van der Waals surface area contributed by atoms with Gasteiger partial charge >= 0.3 is 0 Å². The first kappa shape index (κ1) is 18.8. The first-order valence-electron chi connectivity index (χ1n) is 12.0. The number of para-hydroxylation sites is 1. The molecule has 0 fully saturated rings. The summed E-state index contributed by atoms with van der Waals surface area (Å²) in [6.45, 7) is 6.05. The van der Waals surface area contributed by atoms with Crippen LogP contribution in [-0.4, -0.2) is 4.98 Å². The topological polar surface area (TPSA) is 28.9 Å². The second-order valence-electron chi connectivity index (χ2n) is 9.35. The molecule has 0 atom stereocenters. The van der Waals surface area contributed by atoms with Gasteiger partial charge in [-0.25, -0.2) is 0 Å². The molecule has 0 radical (unpaired) electrons. The fourth-order valence-corrected chi connectivity index (χ4v) is 6.30. The van der Waals surface area contributed by atoms with E-state index in [-0.39, 0.29) is 0 Å². The largest absolute Gasteiger partial charge is 0.456 e. The van der Waals surface area contributed by atoms with E-state index >= 15 is 0 Å². The highest BCUT2D eigenvalue weighted by molar-refractivity contribution is 6.40. The van der Waals surface area contributed by atoms with Gasteiger partial charge in [-0.1, -0.05) is 73.3 Å². The molecule has 0 spiro atoms. The zero-order valence-electron chi connectivity index (χ0n) is 19.3. The van der Waals surface area contributed by atoms with Gasteiger partial charge in [-0.2, -0.15) is 0 Å². The van der Waals surface area contributed by atoms with E-state index in [1.807, 2.05) is 13.0 Å². The van der Waals surface area contributed by atoms with Crippen LogP contribution < -0.4 is 0 Å². The number of allylic oxidation sites excluding steroid dienone is 1. The summed E-state index contributed by atoms with van der Waals surface area (Å²) in [4.78, 5) is 3.67. The maximum Gasteiger partial charge on any atom is 0.136 e. The smallest absolute Gasteiger partial charge is 0.136 e. The quantitative estimate of drug-likeness (QED) is 0.207. The lowest BCUT2D eigenvalue weighted by molar-refractivity contribution is 0.604. The first-order chi connectivity index (χ1) is 17.3. The lowest BCUT2D eigenvalue weighted by atomic mass is 9.87. The summed E-state index contributed by atoms with van der Waals surface area (Å²) in [6.07, 6.45) is 6.01. The molecule has 164 valence electrons. The fourth-order valence-electron chi connectivity index (χ4n) is 6.30. The summed E-state index contributed by atoms with van der Waals surface area (Å²) in [5.74, 6) is 0.815. The number of aromatic nitrogens is 1. The number of rotatable bonds is 2. The van der Waals surface area contributed by atoms with Crippen LogP contribution in [0.15, 0.2) is 89.9 Å². The molecule has 0 saturated carbocycles. The average Bonchev–Trinajstić information content (AvgIpc) is 3.45. The van der Waals surface area contributed by atoms with Crippen LogP contribution >= 0.6 is 0 Å². The van der Waals surface area contributed by atoms with Gasteiger partial charge in [0.1, 0.15) is 11.3 Å². The van der Waals surface area contributed by atoms with Gasteiger partial charge in [0.2, 0.25) is 0 Å². The van der Waals surface area contributed by atoms with Gasteiger partial charge in [-0.3, -0.25) is 0 Å². The second kappa shape index (κ2) is 6.52. The van der Waals surface area contributed by atoms with Crippen LogP contribution in [0.4, 0.5) is 0 Å². The monoisotopic (exact) mass is 447 g/mol. The third-order valence-corrected chi connectivity index (χ3v) is 7.61. The number of nitrogens with one attached hydrogen (secondary N) is 1. The van der Waals surface area contributed by atoms with Crippen LogP contribution in [0.2, 0.25) is 0 Å².